The van der Waals surface area contributed by atoms with Gasteiger partial charge in [0.05, 0.1) is 12.8 Å². The van der Waals surface area contributed by atoms with Gasteiger partial charge in [-0.05, 0) is 62.2 Å². The van der Waals surface area contributed by atoms with Crippen molar-refractivity contribution in [2.45, 2.75) is 38.5 Å². The molecule has 0 bridgehead atoms. The molecule has 1 aliphatic rings. The van der Waals surface area contributed by atoms with Crippen molar-refractivity contribution in [3.8, 4) is 16.2 Å². The number of hydrogen-bond donors (Lipinski definition) is 0. The lowest BCUT2D eigenvalue weighted by molar-refractivity contribution is -0.254. The number of aryl methyl sites for hydroxylation is 3. The molecule has 0 atom stereocenters. The Morgan fingerprint density at radius 3 is 2.00 bits per heavy atom. The first-order valence-corrected chi connectivity index (χ1v) is 10.7. The molecule has 0 amide bonds. The van der Waals surface area contributed by atoms with Crippen molar-refractivity contribution in [3.05, 3.63) is 57.7 Å². The summed E-state index contributed by atoms with van der Waals surface area (Å²) in [5.41, 5.74) is -2.76. The van der Waals surface area contributed by atoms with E-state index < -0.39 is 28.9 Å². The standard InChI is InChI=1S/C23H20F6N2OS/c1-11-18(12(2)31(4)30-11)20-19(21(24,25)23(28,29)22(20,26)27)16-10-17(33-13(16)3)14-6-8-15(32-5)9-7-14/h6-10H,1-5H3. The van der Waals surface area contributed by atoms with E-state index in [4.69, 9.17) is 4.74 Å². The fraction of sp³-hybridized carbons (Fsp3) is 0.348. The van der Waals surface area contributed by atoms with Crippen molar-refractivity contribution < 1.29 is 31.1 Å². The van der Waals surface area contributed by atoms with Gasteiger partial charge in [0.15, 0.2) is 0 Å². The molecule has 0 saturated heterocycles. The van der Waals surface area contributed by atoms with E-state index in [-0.39, 0.29) is 27.4 Å². The summed E-state index contributed by atoms with van der Waals surface area (Å²) in [6, 6.07) is 7.93. The Morgan fingerprint density at radius 2 is 1.48 bits per heavy atom. The fourth-order valence-corrected chi connectivity index (χ4v) is 5.21. The minimum Gasteiger partial charge on any atom is -0.497 e. The number of ether oxygens (including phenoxy) is 1. The Labute approximate surface area is 190 Å². The summed E-state index contributed by atoms with van der Waals surface area (Å²) in [4.78, 5) is 0.701. The highest BCUT2D eigenvalue weighted by Crippen LogP contribution is 2.65. The first kappa shape index (κ1) is 23.4. The van der Waals surface area contributed by atoms with Gasteiger partial charge in [0, 0.05) is 39.2 Å². The molecule has 2 heterocycles. The van der Waals surface area contributed by atoms with Gasteiger partial charge in [-0.15, -0.1) is 11.3 Å². The molecule has 0 spiro atoms. The highest BCUT2D eigenvalue weighted by atomic mass is 32.1. The summed E-state index contributed by atoms with van der Waals surface area (Å²) in [5.74, 6) is -15.2. The number of halogens is 6. The van der Waals surface area contributed by atoms with Gasteiger partial charge in [0.25, 0.3) is 0 Å². The third-order valence-electron chi connectivity index (χ3n) is 5.99. The predicted octanol–water partition coefficient (Wildman–Crippen LogP) is 6.91. The van der Waals surface area contributed by atoms with Crippen molar-refractivity contribution in [1.29, 1.82) is 0 Å². The van der Waals surface area contributed by atoms with Crippen LogP contribution in [0.5, 0.6) is 5.75 Å². The Morgan fingerprint density at radius 1 is 0.909 bits per heavy atom. The Hall–Kier alpha value is -2.75. The van der Waals surface area contributed by atoms with Crippen LogP contribution in [0.15, 0.2) is 30.3 Å². The second-order valence-corrected chi connectivity index (χ2v) is 9.21. The zero-order chi connectivity index (χ0) is 24.5. The molecular weight excluding hydrogens is 466 g/mol. The van der Waals surface area contributed by atoms with Crippen LogP contribution in [0.3, 0.4) is 0 Å². The maximum absolute atomic E-state index is 15.1. The summed E-state index contributed by atoms with van der Waals surface area (Å²) in [6.07, 6.45) is 0. The third kappa shape index (κ3) is 3.13. The molecule has 1 aromatic carbocycles. The van der Waals surface area contributed by atoms with Crippen LogP contribution < -0.4 is 4.74 Å². The van der Waals surface area contributed by atoms with E-state index in [2.05, 4.69) is 5.10 Å². The first-order valence-electron chi connectivity index (χ1n) is 9.90. The van der Waals surface area contributed by atoms with Crippen LogP contribution in [0.25, 0.3) is 21.6 Å². The van der Waals surface area contributed by atoms with Gasteiger partial charge < -0.3 is 4.74 Å². The van der Waals surface area contributed by atoms with Crippen molar-refractivity contribution in [1.82, 2.24) is 9.78 Å². The van der Waals surface area contributed by atoms with Crippen molar-refractivity contribution in [2.75, 3.05) is 7.11 Å². The van der Waals surface area contributed by atoms with E-state index >= 15 is 17.6 Å². The van der Waals surface area contributed by atoms with Gasteiger partial charge in [-0.3, -0.25) is 4.68 Å². The SMILES string of the molecule is COc1ccc(-c2cc(C3=C(c4c(C)nn(C)c4C)C(F)(F)C(F)(F)C3(F)F)c(C)s2)cc1. The smallest absolute Gasteiger partial charge is 0.380 e. The minimum absolute atomic E-state index is 0.0288. The fourth-order valence-electron chi connectivity index (χ4n) is 4.17. The Bertz CT molecular complexity index is 1270. The summed E-state index contributed by atoms with van der Waals surface area (Å²) in [6.45, 7) is 4.17. The maximum atomic E-state index is 15.1. The van der Waals surface area contributed by atoms with Crippen molar-refractivity contribution in [2.24, 2.45) is 7.05 Å². The van der Waals surface area contributed by atoms with Crippen LogP contribution in [-0.2, 0) is 7.05 Å². The zero-order valence-electron chi connectivity index (χ0n) is 18.4. The number of benzene rings is 1. The van der Waals surface area contributed by atoms with Crippen LogP contribution in [0.1, 0.15) is 27.4 Å². The van der Waals surface area contributed by atoms with Gasteiger partial charge in [-0.25, -0.2) is 0 Å². The average Bonchev–Trinajstić information content (AvgIpc) is 3.27. The molecule has 1 aliphatic carbocycles. The van der Waals surface area contributed by atoms with Crippen molar-refractivity contribution in [3.63, 3.8) is 0 Å². The van der Waals surface area contributed by atoms with Crippen LogP contribution in [0, 0.1) is 20.8 Å². The molecule has 10 heteroatoms. The lowest BCUT2D eigenvalue weighted by atomic mass is 9.93. The molecule has 0 aliphatic heterocycles. The average molecular weight is 486 g/mol. The normalized spacial score (nSPS) is 18.8. The summed E-state index contributed by atoms with van der Waals surface area (Å²) in [7, 11) is 2.93. The summed E-state index contributed by atoms with van der Waals surface area (Å²) in [5, 5.41) is 3.99. The number of nitrogens with zero attached hydrogens (tertiary/aromatic N) is 2. The quantitative estimate of drug-likeness (QED) is 0.375. The van der Waals surface area contributed by atoms with Gasteiger partial charge in [-0.2, -0.15) is 31.4 Å². The summed E-state index contributed by atoms with van der Waals surface area (Å²) < 4.78 is 96.0. The maximum Gasteiger partial charge on any atom is 0.380 e. The minimum atomic E-state index is -5.60. The molecule has 0 radical (unpaired) electrons. The third-order valence-corrected chi connectivity index (χ3v) is 7.09. The highest BCUT2D eigenvalue weighted by molar-refractivity contribution is 7.15. The topological polar surface area (TPSA) is 27.1 Å². The van der Waals surface area contributed by atoms with Gasteiger partial charge in [0.2, 0.25) is 0 Å². The van der Waals surface area contributed by atoms with E-state index in [1.165, 1.54) is 45.7 Å². The molecule has 3 aromatic rings. The Kier molecular flexibility index (Phi) is 5.23. The van der Waals surface area contributed by atoms with Crippen LogP contribution in [-0.4, -0.2) is 34.7 Å². The Balaban J connectivity index is 2.02. The number of hydrogen-bond acceptors (Lipinski definition) is 3. The largest absolute Gasteiger partial charge is 0.497 e. The lowest BCUT2D eigenvalue weighted by Gasteiger charge is -2.25. The number of aromatic nitrogens is 2. The van der Waals surface area contributed by atoms with E-state index in [0.29, 0.717) is 16.2 Å². The second-order valence-electron chi connectivity index (χ2n) is 7.95. The molecule has 3 nitrogen and oxygen atoms in total. The first-order chi connectivity index (χ1) is 15.3. The van der Waals surface area contributed by atoms with Crippen LogP contribution in [0.2, 0.25) is 0 Å². The molecule has 0 unspecified atom stereocenters. The second kappa shape index (κ2) is 7.38. The van der Waals surface area contributed by atoms with E-state index in [1.54, 1.807) is 24.3 Å². The van der Waals surface area contributed by atoms with Gasteiger partial charge in [0.1, 0.15) is 5.75 Å². The molecule has 4 rings (SSSR count). The van der Waals surface area contributed by atoms with Gasteiger partial charge >= 0.3 is 17.8 Å². The molecule has 2 aromatic heterocycles. The number of thiophene rings is 1. The molecule has 0 fully saturated rings. The lowest BCUT2D eigenvalue weighted by Crippen LogP contribution is -2.49. The van der Waals surface area contributed by atoms with Crippen LogP contribution in [0.4, 0.5) is 26.3 Å². The number of methoxy groups -OCH3 is 1. The van der Waals surface area contributed by atoms with Crippen LogP contribution >= 0.6 is 11.3 Å². The van der Waals surface area contributed by atoms with E-state index in [9.17, 15) is 8.78 Å². The predicted molar refractivity (Wildman–Crippen MR) is 115 cm³/mol. The highest BCUT2D eigenvalue weighted by Gasteiger charge is 2.80. The number of allylic oxidation sites excluding steroid dienone is 2. The molecule has 0 saturated carbocycles. The van der Waals surface area contributed by atoms with E-state index in [0.717, 1.165) is 11.3 Å². The molecular formula is C23H20F6N2OS. The summed E-state index contributed by atoms with van der Waals surface area (Å²) >= 11 is 1.06. The van der Waals surface area contributed by atoms with E-state index in [1.807, 2.05) is 0 Å². The molecule has 176 valence electrons. The zero-order valence-corrected chi connectivity index (χ0v) is 19.2. The monoisotopic (exact) mass is 486 g/mol. The number of alkyl halides is 6. The molecule has 0 N–H and O–H groups in total. The van der Waals surface area contributed by atoms with Gasteiger partial charge in [-0.1, -0.05) is 0 Å². The number of rotatable bonds is 4. The van der Waals surface area contributed by atoms with Crippen molar-refractivity contribution >= 4 is 22.5 Å². The molecule has 33 heavy (non-hydrogen) atoms.